The summed E-state index contributed by atoms with van der Waals surface area (Å²) in [5, 5.41) is 8.60. The van der Waals surface area contributed by atoms with E-state index in [1.54, 1.807) is 12.1 Å². The molecule has 0 spiro atoms. The third-order valence-corrected chi connectivity index (χ3v) is 2.21. The maximum atomic E-state index is 11.8. The number of rotatable bonds is 7. The number of aliphatic hydroxyl groups excluding tert-OH is 1. The van der Waals surface area contributed by atoms with Crippen LogP contribution in [0.3, 0.4) is 0 Å². The van der Waals surface area contributed by atoms with Crippen molar-refractivity contribution < 1.29 is 28.9 Å². The number of esters is 2. The van der Waals surface area contributed by atoms with Crippen LogP contribution in [0.25, 0.3) is 0 Å². The highest BCUT2D eigenvalue weighted by atomic mass is 16.6. The molecule has 1 N–H and O–H groups in total. The number of methoxy groups -OCH3 is 1. The largest absolute Gasteiger partial charge is 0.460 e. The summed E-state index contributed by atoms with van der Waals surface area (Å²) >= 11 is 0. The molecule has 1 aromatic rings. The Kier molecular flexibility index (Phi) is 11.2. The SMILES string of the molecule is C=C(C)C.COCCOC(=O)c1ccccc1C(=O)OCCO. The van der Waals surface area contributed by atoms with E-state index in [0.717, 1.165) is 0 Å². The molecule has 0 aliphatic carbocycles. The molecule has 0 heterocycles. The molecular weight excluding hydrogens is 300 g/mol. The van der Waals surface area contributed by atoms with Gasteiger partial charge < -0.3 is 19.3 Å². The molecule has 0 aliphatic heterocycles. The highest BCUT2D eigenvalue weighted by Crippen LogP contribution is 2.12. The second kappa shape index (κ2) is 12.4. The lowest BCUT2D eigenvalue weighted by Crippen LogP contribution is -2.16. The zero-order valence-corrected chi connectivity index (χ0v) is 13.8. The predicted molar refractivity (Wildman–Crippen MR) is 86.5 cm³/mol. The standard InChI is InChI=1S/C13H16O6.C4H8/c1-17-8-9-19-13(16)11-5-3-2-4-10(11)12(15)18-7-6-14;1-4(2)3/h2-5,14H,6-9H2,1H3;1H2,2-3H3. The fourth-order valence-electron chi connectivity index (χ4n) is 1.35. The zero-order chi connectivity index (χ0) is 17.7. The summed E-state index contributed by atoms with van der Waals surface area (Å²) < 4.78 is 14.5. The first-order valence-corrected chi connectivity index (χ1v) is 7.09. The number of ether oxygens (including phenoxy) is 3. The predicted octanol–water partition coefficient (Wildman–Crippen LogP) is 2.22. The summed E-state index contributed by atoms with van der Waals surface area (Å²) in [4.78, 5) is 23.5. The molecule has 0 saturated carbocycles. The fourth-order valence-corrected chi connectivity index (χ4v) is 1.35. The topological polar surface area (TPSA) is 82.1 Å². The maximum absolute atomic E-state index is 11.8. The van der Waals surface area contributed by atoms with E-state index < -0.39 is 11.9 Å². The van der Waals surface area contributed by atoms with Crippen molar-refractivity contribution in [2.24, 2.45) is 0 Å². The fraction of sp³-hybridized carbons (Fsp3) is 0.412. The summed E-state index contributed by atoms with van der Waals surface area (Å²) in [7, 11) is 1.49. The summed E-state index contributed by atoms with van der Waals surface area (Å²) in [6.45, 7) is 7.50. The Labute approximate surface area is 136 Å². The van der Waals surface area contributed by atoms with E-state index in [-0.39, 0.29) is 37.6 Å². The molecule has 0 aromatic heterocycles. The zero-order valence-electron chi connectivity index (χ0n) is 13.8. The number of benzene rings is 1. The average molecular weight is 324 g/mol. The molecule has 0 bridgehead atoms. The molecule has 0 fully saturated rings. The highest BCUT2D eigenvalue weighted by molar-refractivity contribution is 6.03. The lowest BCUT2D eigenvalue weighted by atomic mass is 10.1. The molecule has 128 valence electrons. The summed E-state index contributed by atoms with van der Waals surface area (Å²) in [6.07, 6.45) is 0. The van der Waals surface area contributed by atoms with Gasteiger partial charge in [-0.15, -0.1) is 6.58 Å². The van der Waals surface area contributed by atoms with Crippen molar-refractivity contribution in [1.29, 1.82) is 0 Å². The lowest BCUT2D eigenvalue weighted by molar-refractivity contribution is 0.0362. The van der Waals surface area contributed by atoms with E-state index in [0.29, 0.717) is 0 Å². The van der Waals surface area contributed by atoms with Crippen LogP contribution in [0.4, 0.5) is 0 Å². The first-order valence-electron chi connectivity index (χ1n) is 7.09. The smallest absolute Gasteiger partial charge is 0.339 e. The molecule has 1 aromatic carbocycles. The summed E-state index contributed by atoms with van der Waals surface area (Å²) in [5.74, 6) is -1.29. The van der Waals surface area contributed by atoms with E-state index in [9.17, 15) is 9.59 Å². The van der Waals surface area contributed by atoms with Crippen molar-refractivity contribution in [2.75, 3.05) is 33.5 Å². The van der Waals surface area contributed by atoms with Crippen molar-refractivity contribution in [2.45, 2.75) is 13.8 Å². The van der Waals surface area contributed by atoms with E-state index in [1.807, 2.05) is 13.8 Å². The Balaban J connectivity index is 0.00000108. The number of carbonyl (C=O) groups is 2. The number of hydrogen-bond acceptors (Lipinski definition) is 6. The van der Waals surface area contributed by atoms with E-state index in [1.165, 1.54) is 24.8 Å². The molecule has 0 aliphatic rings. The van der Waals surface area contributed by atoms with Crippen LogP contribution in [0, 0.1) is 0 Å². The second-order valence-electron chi connectivity index (χ2n) is 4.74. The number of carbonyl (C=O) groups excluding carboxylic acids is 2. The molecule has 0 saturated heterocycles. The third kappa shape index (κ3) is 9.44. The number of hydrogen-bond donors (Lipinski definition) is 1. The second-order valence-corrected chi connectivity index (χ2v) is 4.74. The van der Waals surface area contributed by atoms with Gasteiger partial charge in [0.1, 0.15) is 13.2 Å². The van der Waals surface area contributed by atoms with Crippen LogP contribution >= 0.6 is 0 Å². The first kappa shape index (κ1) is 20.8. The van der Waals surface area contributed by atoms with Crippen molar-refractivity contribution in [3.63, 3.8) is 0 Å². The minimum absolute atomic E-state index is 0.107. The molecule has 0 radical (unpaired) electrons. The van der Waals surface area contributed by atoms with Crippen LogP contribution in [-0.2, 0) is 14.2 Å². The van der Waals surface area contributed by atoms with Gasteiger partial charge in [-0.25, -0.2) is 9.59 Å². The first-order chi connectivity index (χ1) is 10.9. The monoisotopic (exact) mass is 324 g/mol. The molecular formula is C17H24O6. The maximum Gasteiger partial charge on any atom is 0.339 e. The molecule has 0 unspecified atom stereocenters. The van der Waals surface area contributed by atoms with Crippen LogP contribution in [0.5, 0.6) is 0 Å². The Morgan fingerprint density at radius 1 is 1.00 bits per heavy atom. The lowest BCUT2D eigenvalue weighted by Gasteiger charge is -2.09. The van der Waals surface area contributed by atoms with E-state index >= 15 is 0 Å². The summed E-state index contributed by atoms with van der Waals surface area (Å²) in [5.41, 5.74) is 1.40. The minimum Gasteiger partial charge on any atom is -0.460 e. The van der Waals surface area contributed by atoms with Gasteiger partial charge >= 0.3 is 11.9 Å². The average Bonchev–Trinajstić information content (AvgIpc) is 2.52. The van der Waals surface area contributed by atoms with E-state index in [4.69, 9.17) is 19.3 Å². The van der Waals surface area contributed by atoms with Crippen LogP contribution in [-0.4, -0.2) is 50.6 Å². The van der Waals surface area contributed by atoms with Gasteiger partial charge in [-0.1, -0.05) is 17.7 Å². The molecule has 0 amide bonds. The Hall–Kier alpha value is -2.18. The molecule has 6 heteroatoms. The third-order valence-electron chi connectivity index (χ3n) is 2.21. The van der Waals surface area contributed by atoms with Crippen molar-refractivity contribution in [3.8, 4) is 0 Å². The Morgan fingerprint density at radius 2 is 1.43 bits per heavy atom. The molecule has 0 atom stereocenters. The summed E-state index contributed by atoms with van der Waals surface area (Å²) in [6, 6.07) is 6.18. The van der Waals surface area contributed by atoms with Gasteiger partial charge in [0, 0.05) is 7.11 Å². The molecule has 6 nitrogen and oxygen atoms in total. The van der Waals surface area contributed by atoms with Crippen molar-refractivity contribution >= 4 is 11.9 Å². The van der Waals surface area contributed by atoms with E-state index in [2.05, 4.69) is 6.58 Å². The number of allylic oxidation sites excluding steroid dienone is 1. The van der Waals surface area contributed by atoms with Crippen molar-refractivity contribution in [1.82, 2.24) is 0 Å². The minimum atomic E-state index is -0.673. The van der Waals surface area contributed by atoms with Gasteiger partial charge in [0.05, 0.1) is 24.3 Å². The van der Waals surface area contributed by atoms with Crippen LogP contribution in [0.1, 0.15) is 34.6 Å². The van der Waals surface area contributed by atoms with Gasteiger partial charge in [0.25, 0.3) is 0 Å². The molecule has 1 rings (SSSR count). The van der Waals surface area contributed by atoms with Gasteiger partial charge in [-0.3, -0.25) is 0 Å². The van der Waals surface area contributed by atoms with Crippen LogP contribution < -0.4 is 0 Å². The van der Waals surface area contributed by atoms with Gasteiger partial charge in [-0.2, -0.15) is 0 Å². The van der Waals surface area contributed by atoms with Gasteiger partial charge in [-0.05, 0) is 26.0 Å². The van der Waals surface area contributed by atoms with Gasteiger partial charge in [0.15, 0.2) is 0 Å². The van der Waals surface area contributed by atoms with Crippen LogP contribution in [0.15, 0.2) is 36.4 Å². The quantitative estimate of drug-likeness (QED) is 0.470. The number of aliphatic hydroxyl groups is 1. The van der Waals surface area contributed by atoms with Crippen molar-refractivity contribution in [3.05, 3.63) is 47.5 Å². The highest BCUT2D eigenvalue weighted by Gasteiger charge is 2.18. The van der Waals surface area contributed by atoms with Crippen LogP contribution in [0.2, 0.25) is 0 Å². The van der Waals surface area contributed by atoms with Gasteiger partial charge in [0.2, 0.25) is 0 Å². The normalized spacial score (nSPS) is 9.39. The molecule has 23 heavy (non-hydrogen) atoms. The Morgan fingerprint density at radius 3 is 1.83 bits per heavy atom. The Bertz CT molecular complexity index is 506.